The number of hydrogen-bond donors (Lipinski definition) is 4. The Labute approximate surface area is 77.1 Å². The van der Waals surface area contributed by atoms with Crippen LogP contribution in [0.5, 0.6) is 0 Å². The molecule has 0 saturated heterocycles. The molecule has 0 aliphatic carbocycles. The summed E-state index contributed by atoms with van der Waals surface area (Å²) in [6, 6.07) is 0. The maximum Gasteiger partial charge on any atom is 0 e. The van der Waals surface area contributed by atoms with E-state index in [0.717, 1.165) is 0 Å². The van der Waals surface area contributed by atoms with Crippen LogP contribution in [0.1, 0.15) is 0 Å². The zero-order valence-electron chi connectivity index (χ0n) is 6.81. The SMILES string of the molecule is CN.CN.CN.CN.[Hf]. The molecule has 0 aromatic carbocycles. The summed E-state index contributed by atoms with van der Waals surface area (Å²) < 4.78 is 0. The fourth-order valence-electron chi connectivity index (χ4n) is 0. The van der Waals surface area contributed by atoms with Crippen LogP contribution in [-0.2, 0) is 25.8 Å². The van der Waals surface area contributed by atoms with E-state index in [2.05, 4.69) is 22.9 Å². The second-order valence-electron chi connectivity index (χ2n) is 0. The molecule has 5 heteroatoms. The first-order valence-electron chi connectivity index (χ1n) is 2.31. The van der Waals surface area contributed by atoms with Gasteiger partial charge in [-0.15, -0.1) is 0 Å². The van der Waals surface area contributed by atoms with E-state index < -0.39 is 0 Å². The maximum atomic E-state index is 4.50. The van der Waals surface area contributed by atoms with Crippen LogP contribution in [0.25, 0.3) is 0 Å². The minimum atomic E-state index is 0. The second kappa shape index (κ2) is 1030. The van der Waals surface area contributed by atoms with Crippen LogP contribution in [0.3, 0.4) is 0 Å². The normalized spacial score (nSPS) is 2.67. The summed E-state index contributed by atoms with van der Waals surface area (Å²) in [4.78, 5) is 0. The summed E-state index contributed by atoms with van der Waals surface area (Å²) in [6.07, 6.45) is 0. The Hall–Kier alpha value is 0.710. The van der Waals surface area contributed by atoms with E-state index in [1.165, 1.54) is 28.2 Å². The molecule has 0 spiro atoms. The second-order valence-corrected chi connectivity index (χ2v) is 0. The van der Waals surface area contributed by atoms with Crippen molar-refractivity contribution in [2.24, 2.45) is 22.9 Å². The van der Waals surface area contributed by atoms with Crippen molar-refractivity contribution in [2.45, 2.75) is 0 Å². The van der Waals surface area contributed by atoms with Crippen molar-refractivity contribution in [1.29, 1.82) is 0 Å². The van der Waals surface area contributed by atoms with Gasteiger partial charge >= 0.3 is 0 Å². The van der Waals surface area contributed by atoms with Gasteiger partial charge in [0.05, 0.1) is 0 Å². The summed E-state index contributed by atoms with van der Waals surface area (Å²) in [5.74, 6) is 0. The minimum Gasteiger partial charge on any atom is -0.333 e. The van der Waals surface area contributed by atoms with Gasteiger partial charge in [-0.1, -0.05) is 0 Å². The standard InChI is InChI=1S/4CH5N.Hf/c4*1-2;/h4*2H2,1H3;. The van der Waals surface area contributed by atoms with Gasteiger partial charge in [0.2, 0.25) is 0 Å². The first-order chi connectivity index (χ1) is 4.00. The van der Waals surface area contributed by atoms with Crippen LogP contribution in [0.2, 0.25) is 0 Å². The molecule has 0 amide bonds. The van der Waals surface area contributed by atoms with Gasteiger partial charge in [-0.25, -0.2) is 0 Å². The van der Waals surface area contributed by atoms with Gasteiger partial charge in [-0.3, -0.25) is 0 Å². The molecule has 0 fully saturated rings. The zero-order chi connectivity index (χ0) is 8.00. The van der Waals surface area contributed by atoms with Crippen molar-refractivity contribution in [3.05, 3.63) is 0 Å². The summed E-state index contributed by atoms with van der Waals surface area (Å²) in [7, 11) is 6.00. The molecule has 0 aliphatic heterocycles. The van der Waals surface area contributed by atoms with E-state index in [9.17, 15) is 0 Å². The topological polar surface area (TPSA) is 104 Å². The van der Waals surface area contributed by atoms with Gasteiger partial charge in [-0.2, -0.15) is 0 Å². The van der Waals surface area contributed by atoms with Crippen molar-refractivity contribution in [3.8, 4) is 0 Å². The zero-order valence-corrected chi connectivity index (χ0v) is 10.4. The summed E-state index contributed by atoms with van der Waals surface area (Å²) in [5, 5.41) is 0. The minimum absolute atomic E-state index is 0. The number of hydrogen-bond acceptors (Lipinski definition) is 4. The largest absolute Gasteiger partial charge is 0.333 e. The van der Waals surface area contributed by atoms with Crippen LogP contribution in [0, 0.1) is 0 Å². The van der Waals surface area contributed by atoms with Crippen molar-refractivity contribution >= 4 is 0 Å². The van der Waals surface area contributed by atoms with Gasteiger partial charge in [-0.05, 0) is 28.2 Å². The molecule has 0 aromatic rings. The van der Waals surface area contributed by atoms with E-state index in [1.807, 2.05) is 0 Å². The molecule has 0 atom stereocenters. The average Bonchev–Trinajstić information content (AvgIpc) is 2.03. The van der Waals surface area contributed by atoms with Gasteiger partial charge in [0, 0.05) is 25.8 Å². The molecule has 0 radical (unpaired) electrons. The average molecular weight is 303 g/mol. The molecule has 0 bridgehead atoms. The maximum absolute atomic E-state index is 4.50. The predicted molar refractivity (Wildman–Crippen MR) is 40.4 cm³/mol. The molecule has 8 N–H and O–H groups in total. The molecule has 0 aliphatic rings. The van der Waals surface area contributed by atoms with Gasteiger partial charge in [0.25, 0.3) is 0 Å². The van der Waals surface area contributed by atoms with Gasteiger partial charge in [0.15, 0.2) is 0 Å². The smallest absolute Gasteiger partial charge is 0 e. The van der Waals surface area contributed by atoms with Crippen LogP contribution in [-0.4, -0.2) is 28.2 Å². The van der Waals surface area contributed by atoms with Gasteiger partial charge in [0.1, 0.15) is 0 Å². The molecule has 0 aromatic heterocycles. The van der Waals surface area contributed by atoms with Crippen molar-refractivity contribution in [3.63, 3.8) is 0 Å². The molecule has 9 heavy (non-hydrogen) atoms. The molecule has 4 nitrogen and oxygen atoms in total. The summed E-state index contributed by atoms with van der Waals surface area (Å²) in [6.45, 7) is 0. The summed E-state index contributed by atoms with van der Waals surface area (Å²) >= 11 is 0. The third-order valence-electron chi connectivity index (χ3n) is 0. The Bertz CT molecular complexity index is 12.5. The third kappa shape index (κ3) is 778. The first-order valence-corrected chi connectivity index (χ1v) is 2.31. The molecular formula is C4H20HfN4. The Morgan fingerprint density at radius 3 is 0.444 bits per heavy atom. The summed E-state index contributed by atoms with van der Waals surface area (Å²) in [5.41, 5.74) is 18.0. The van der Waals surface area contributed by atoms with Crippen molar-refractivity contribution < 1.29 is 25.8 Å². The fourth-order valence-corrected chi connectivity index (χ4v) is 0. The predicted octanol–water partition coefficient (Wildman–Crippen LogP) is -1.70. The van der Waals surface area contributed by atoms with Crippen molar-refractivity contribution in [1.82, 2.24) is 0 Å². The fraction of sp³-hybridized carbons (Fsp3) is 1.00. The Kier molecular flexibility index (Phi) is 3790. The molecule has 60 valence electrons. The van der Waals surface area contributed by atoms with Crippen LogP contribution in [0.4, 0.5) is 0 Å². The Morgan fingerprint density at radius 2 is 0.444 bits per heavy atom. The Morgan fingerprint density at radius 1 is 0.444 bits per heavy atom. The Balaban J connectivity index is -0.00000000762. The monoisotopic (exact) mass is 304 g/mol. The molecular weight excluding hydrogens is 283 g/mol. The third-order valence-corrected chi connectivity index (χ3v) is 0. The van der Waals surface area contributed by atoms with E-state index in [1.54, 1.807) is 0 Å². The molecule has 0 unspecified atom stereocenters. The van der Waals surface area contributed by atoms with Crippen molar-refractivity contribution in [2.75, 3.05) is 28.2 Å². The van der Waals surface area contributed by atoms with E-state index in [4.69, 9.17) is 0 Å². The van der Waals surface area contributed by atoms with Crippen LogP contribution in [0.15, 0.2) is 0 Å². The molecule has 0 heterocycles. The van der Waals surface area contributed by atoms with E-state index in [-0.39, 0.29) is 25.8 Å². The van der Waals surface area contributed by atoms with E-state index in [0.29, 0.717) is 0 Å². The molecule has 0 saturated carbocycles. The van der Waals surface area contributed by atoms with Crippen LogP contribution < -0.4 is 22.9 Å². The quantitative estimate of drug-likeness (QED) is 0.400. The number of nitrogens with two attached hydrogens (primary N) is 4. The molecule has 0 rings (SSSR count). The van der Waals surface area contributed by atoms with Gasteiger partial charge < -0.3 is 22.9 Å². The van der Waals surface area contributed by atoms with E-state index >= 15 is 0 Å². The van der Waals surface area contributed by atoms with Crippen LogP contribution >= 0.6 is 0 Å². The first kappa shape index (κ1) is 33.2. The number of rotatable bonds is 0.